The van der Waals surface area contributed by atoms with Gasteiger partial charge in [0, 0.05) is 49.4 Å². The molecule has 0 bridgehead atoms. The van der Waals surface area contributed by atoms with Crippen molar-refractivity contribution in [1.29, 1.82) is 0 Å². The molecule has 216 valence electrons. The minimum Gasteiger partial charge on any atom is -0.406 e. The maximum absolute atomic E-state index is 13.4. The van der Waals surface area contributed by atoms with Crippen molar-refractivity contribution in [3.8, 4) is 5.75 Å². The molecule has 0 radical (unpaired) electrons. The van der Waals surface area contributed by atoms with E-state index in [0.29, 0.717) is 52.1 Å². The monoisotopic (exact) mass is 565 g/mol. The van der Waals surface area contributed by atoms with Crippen molar-refractivity contribution in [1.82, 2.24) is 9.80 Å². The van der Waals surface area contributed by atoms with Crippen LogP contribution in [0.5, 0.6) is 5.75 Å². The number of nitrogens with zero attached hydrogens (tertiary/aromatic N) is 2. The number of benzene rings is 2. The number of nitrogens with one attached hydrogen (secondary N) is 1. The van der Waals surface area contributed by atoms with Crippen LogP contribution in [-0.2, 0) is 10.2 Å². The summed E-state index contributed by atoms with van der Waals surface area (Å²) in [6, 6.07) is 7.53. The van der Waals surface area contributed by atoms with Gasteiger partial charge in [0.15, 0.2) is 0 Å². The van der Waals surface area contributed by atoms with Crippen LogP contribution in [0.1, 0.15) is 36.8 Å². The number of ether oxygens (including phenoxy) is 1. The minimum atomic E-state index is -4.74. The van der Waals surface area contributed by atoms with Crippen molar-refractivity contribution in [2.75, 3.05) is 44.6 Å². The average molecular weight is 566 g/mol. The van der Waals surface area contributed by atoms with Gasteiger partial charge in [-0.05, 0) is 92.2 Å². The minimum absolute atomic E-state index is 0.0391. The van der Waals surface area contributed by atoms with Gasteiger partial charge < -0.3 is 25.0 Å². The normalized spacial score (nSPS) is 20.5. The topological polar surface area (TPSA) is 65.0 Å². The van der Waals surface area contributed by atoms with Crippen molar-refractivity contribution in [2.24, 2.45) is 5.92 Å². The Bertz CT molecular complexity index is 1230. The molecule has 40 heavy (non-hydrogen) atoms. The van der Waals surface area contributed by atoms with Gasteiger partial charge in [-0.25, -0.2) is 8.78 Å². The predicted octanol–water partition coefficient (Wildman–Crippen LogP) is 4.94. The molecule has 1 unspecified atom stereocenters. The molecule has 5 rings (SSSR count). The highest BCUT2D eigenvalue weighted by Gasteiger charge is 2.43. The molecule has 0 aliphatic carbocycles. The Balaban J connectivity index is 1.10. The van der Waals surface area contributed by atoms with Gasteiger partial charge in [0.1, 0.15) is 17.4 Å². The van der Waals surface area contributed by atoms with Crippen LogP contribution >= 0.6 is 0 Å². The Kier molecular flexibility index (Phi) is 8.05. The number of aliphatic hydroxyl groups is 1. The number of likely N-dealkylation sites (tertiary alicyclic amines) is 2. The number of aliphatic hydroxyl groups excluding tert-OH is 1. The predicted molar refractivity (Wildman–Crippen MR) is 140 cm³/mol. The van der Waals surface area contributed by atoms with Crippen molar-refractivity contribution < 1.29 is 36.6 Å². The van der Waals surface area contributed by atoms with Crippen molar-refractivity contribution in [3.05, 3.63) is 65.2 Å². The highest BCUT2D eigenvalue weighted by Crippen LogP contribution is 2.46. The zero-order valence-electron chi connectivity index (χ0n) is 21.9. The summed E-state index contributed by atoms with van der Waals surface area (Å²) in [5, 5.41) is 14.3. The molecule has 1 atom stereocenters. The fourth-order valence-electron chi connectivity index (χ4n) is 6.15. The molecule has 2 aromatic rings. The quantitative estimate of drug-likeness (QED) is 0.384. The number of halogens is 5. The van der Waals surface area contributed by atoms with Gasteiger partial charge in [-0.15, -0.1) is 13.2 Å². The summed E-state index contributed by atoms with van der Waals surface area (Å²) < 4.78 is 69.0. The second-order valence-electron chi connectivity index (χ2n) is 11.0. The molecular weight excluding hydrogens is 533 g/mol. The van der Waals surface area contributed by atoms with Crippen LogP contribution in [-0.4, -0.2) is 72.5 Å². The van der Waals surface area contributed by atoms with Crippen LogP contribution in [0.15, 0.2) is 42.5 Å². The SMILES string of the molecule is O=C(C=Cc1cc(F)cc(F)c1)N1CCC(C(O)CN2CCC3(CC2)CNc2ccc(OC(F)(F)F)cc23)CC1. The lowest BCUT2D eigenvalue weighted by Gasteiger charge is -2.41. The fourth-order valence-corrected chi connectivity index (χ4v) is 6.15. The lowest BCUT2D eigenvalue weighted by Crippen LogP contribution is -2.48. The second kappa shape index (κ2) is 11.4. The molecule has 0 aromatic heterocycles. The third-order valence-corrected chi connectivity index (χ3v) is 8.37. The molecule has 2 N–H and O–H groups in total. The van der Waals surface area contributed by atoms with Gasteiger partial charge in [0.05, 0.1) is 6.10 Å². The first kappa shape index (κ1) is 28.4. The summed E-state index contributed by atoms with van der Waals surface area (Å²) >= 11 is 0. The number of rotatable bonds is 6. The molecule has 2 fully saturated rings. The van der Waals surface area contributed by atoms with Crippen molar-refractivity contribution in [3.63, 3.8) is 0 Å². The van der Waals surface area contributed by atoms with Crippen LogP contribution in [0, 0.1) is 17.6 Å². The van der Waals surface area contributed by atoms with E-state index < -0.39 is 24.1 Å². The van der Waals surface area contributed by atoms with E-state index in [4.69, 9.17) is 0 Å². The number of alkyl halides is 3. The fraction of sp³-hybridized carbons (Fsp3) is 0.483. The third-order valence-electron chi connectivity index (χ3n) is 8.37. The van der Waals surface area contributed by atoms with E-state index in [0.717, 1.165) is 42.3 Å². The zero-order chi connectivity index (χ0) is 28.5. The standard InChI is InChI=1S/C29H32F5N3O3/c30-21-13-19(14-22(31)15-21)1-4-27(39)37-9-5-20(6-10-37)26(38)17-36-11-7-28(8-12-36)18-35-25-3-2-23(16-24(25)28)40-29(32,33)34/h1-4,13-16,20,26,35,38H,5-12,17-18H2. The Labute approximate surface area is 229 Å². The molecule has 6 nitrogen and oxygen atoms in total. The number of hydrogen-bond acceptors (Lipinski definition) is 5. The summed E-state index contributed by atoms with van der Waals surface area (Å²) in [7, 11) is 0. The zero-order valence-corrected chi connectivity index (χ0v) is 21.9. The highest BCUT2D eigenvalue weighted by atomic mass is 19.4. The average Bonchev–Trinajstić information content (AvgIpc) is 3.24. The molecule has 3 aliphatic rings. The first-order valence-corrected chi connectivity index (χ1v) is 13.5. The Hall–Kier alpha value is -3.18. The van der Waals surface area contributed by atoms with E-state index in [1.165, 1.54) is 24.3 Å². The number of piperidine rings is 2. The van der Waals surface area contributed by atoms with Crippen LogP contribution in [0.3, 0.4) is 0 Å². The third kappa shape index (κ3) is 6.58. The largest absolute Gasteiger partial charge is 0.573 e. The number of β-amino-alcohol motifs (C(OH)–C–C–N with tert-alkyl or cyclic N) is 1. The number of carbonyl (C=O) groups excluding carboxylic acids is 1. The number of fused-ring (bicyclic) bond motifs is 2. The number of amides is 1. The molecule has 2 saturated heterocycles. The summed E-state index contributed by atoms with van der Waals surface area (Å²) in [5.41, 5.74) is 1.69. The van der Waals surface area contributed by atoms with Gasteiger partial charge in [-0.1, -0.05) is 0 Å². The molecule has 11 heteroatoms. The van der Waals surface area contributed by atoms with E-state index in [-0.39, 0.29) is 28.6 Å². The van der Waals surface area contributed by atoms with Crippen molar-refractivity contribution in [2.45, 2.75) is 43.6 Å². The first-order valence-electron chi connectivity index (χ1n) is 13.5. The number of anilines is 1. The maximum atomic E-state index is 13.4. The molecule has 3 aliphatic heterocycles. The lowest BCUT2D eigenvalue weighted by molar-refractivity contribution is -0.274. The van der Waals surface area contributed by atoms with E-state index in [1.54, 1.807) is 11.0 Å². The molecule has 2 aromatic carbocycles. The summed E-state index contributed by atoms with van der Waals surface area (Å²) in [5.74, 6) is -1.83. The van der Waals surface area contributed by atoms with E-state index in [1.807, 2.05) is 0 Å². The van der Waals surface area contributed by atoms with E-state index in [9.17, 15) is 31.9 Å². The molecule has 1 amide bonds. The van der Waals surface area contributed by atoms with Crippen LogP contribution in [0.25, 0.3) is 6.08 Å². The molecular formula is C29H32F5N3O3. The Morgan fingerprint density at radius 2 is 1.75 bits per heavy atom. The molecule has 0 saturated carbocycles. The number of carbonyl (C=O) groups is 1. The summed E-state index contributed by atoms with van der Waals surface area (Å²) in [6.07, 6.45) is 0.199. The van der Waals surface area contributed by atoms with Gasteiger partial charge >= 0.3 is 6.36 Å². The van der Waals surface area contributed by atoms with Crippen LogP contribution in [0.4, 0.5) is 27.6 Å². The van der Waals surface area contributed by atoms with Gasteiger partial charge in [0.2, 0.25) is 5.91 Å². The summed E-state index contributed by atoms with van der Waals surface area (Å²) in [4.78, 5) is 16.4. The van der Waals surface area contributed by atoms with Gasteiger partial charge in [-0.3, -0.25) is 4.79 Å². The van der Waals surface area contributed by atoms with Gasteiger partial charge in [0.25, 0.3) is 0 Å². The smallest absolute Gasteiger partial charge is 0.406 e. The Morgan fingerprint density at radius 1 is 1.07 bits per heavy atom. The maximum Gasteiger partial charge on any atom is 0.573 e. The molecule has 1 spiro atoms. The molecule has 3 heterocycles. The summed E-state index contributed by atoms with van der Waals surface area (Å²) in [6.45, 7) is 3.55. The Morgan fingerprint density at radius 3 is 2.40 bits per heavy atom. The van der Waals surface area contributed by atoms with E-state index >= 15 is 0 Å². The van der Waals surface area contributed by atoms with E-state index in [2.05, 4.69) is 15.0 Å². The van der Waals surface area contributed by atoms with Crippen LogP contribution in [0.2, 0.25) is 0 Å². The highest BCUT2D eigenvalue weighted by molar-refractivity contribution is 5.91. The first-order chi connectivity index (χ1) is 19.0. The lowest BCUT2D eigenvalue weighted by atomic mass is 9.74. The van der Waals surface area contributed by atoms with Gasteiger partial charge in [-0.2, -0.15) is 0 Å². The van der Waals surface area contributed by atoms with Crippen molar-refractivity contribution >= 4 is 17.7 Å². The second-order valence-corrected chi connectivity index (χ2v) is 11.0. The van der Waals surface area contributed by atoms with Crippen LogP contribution < -0.4 is 10.1 Å². The number of hydrogen-bond donors (Lipinski definition) is 2.